The summed E-state index contributed by atoms with van der Waals surface area (Å²) in [5.41, 5.74) is -0.0231. The number of likely N-dealkylation sites (N-methyl/N-ethyl adjacent to an activating group) is 1. The Morgan fingerprint density at radius 2 is 2.29 bits per heavy atom. The minimum atomic E-state index is -0.391. The van der Waals surface area contributed by atoms with E-state index in [1.165, 1.54) is 6.33 Å². The molecule has 0 saturated carbocycles. The Morgan fingerprint density at radius 1 is 1.52 bits per heavy atom. The van der Waals surface area contributed by atoms with Crippen molar-refractivity contribution in [2.45, 2.75) is 25.8 Å². The third kappa shape index (κ3) is 3.38. The van der Waals surface area contributed by atoms with Gasteiger partial charge in [-0.25, -0.2) is 9.97 Å². The predicted molar refractivity (Wildman–Crippen MR) is 81.8 cm³/mol. The topological polar surface area (TPSA) is 87.4 Å². The van der Waals surface area contributed by atoms with Crippen molar-refractivity contribution in [3.05, 3.63) is 16.4 Å². The number of rotatable bonds is 6. The third-order valence-corrected chi connectivity index (χ3v) is 3.55. The van der Waals surface area contributed by atoms with Crippen LogP contribution in [0.5, 0.6) is 0 Å². The fraction of sp³-hybridized carbons (Fsp3) is 0.692. The Kier molecular flexibility index (Phi) is 4.89. The van der Waals surface area contributed by atoms with Gasteiger partial charge in [0.1, 0.15) is 6.33 Å². The quantitative estimate of drug-likeness (QED) is 0.626. The molecule has 0 aromatic carbocycles. The molecule has 1 aromatic heterocycles. The van der Waals surface area contributed by atoms with Crippen LogP contribution < -0.4 is 10.2 Å². The predicted octanol–water partition coefficient (Wildman–Crippen LogP) is 1.35. The first-order chi connectivity index (χ1) is 10.0. The van der Waals surface area contributed by atoms with Gasteiger partial charge in [0, 0.05) is 25.7 Å². The molecule has 8 nitrogen and oxygen atoms in total. The van der Waals surface area contributed by atoms with Crippen molar-refractivity contribution in [2.75, 3.05) is 43.9 Å². The Morgan fingerprint density at radius 3 is 2.90 bits per heavy atom. The lowest BCUT2D eigenvalue weighted by Gasteiger charge is -2.27. The van der Waals surface area contributed by atoms with Crippen LogP contribution >= 0.6 is 0 Å². The molecular weight excluding hydrogens is 272 g/mol. The van der Waals surface area contributed by atoms with Crippen molar-refractivity contribution in [1.29, 1.82) is 0 Å². The van der Waals surface area contributed by atoms with Gasteiger partial charge in [0.2, 0.25) is 11.6 Å². The highest BCUT2D eigenvalue weighted by atomic mass is 16.6. The van der Waals surface area contributed by atoms with Gasteiger partial charge in [-0.1, -0.05) is 0 Å². The van der Waals surface area contributed by atoms with E-state index >= 15 is 0 Å². The van der Waals surface area contributed by atoms with Crippen LogP contribution in [0.3, 0.4) is 0 Å². The monoisotopic (exact) mass is 294 g/mol. The molecule has 0 spiro atoms. The van der Waals surface area contributed by atoms with Gasteiger partial charge in [-0.15, -0.1) is 0 Å². The summed E-state index contributed by atoms with van der Waals surface area (Å²) in [5, 5.41) is 14.4. The highest BCUT2D eigenvalue weighted by Crippen LogP contribution is 2.35. The standard InChI is InChI=1S/C13H22N6O2/c1-4-14-12-11(19(20)21)13(16-9-15-12)18-7-5-6-10(18)8-17(2)3/h9-10H,4-8H2,1-3H3,(H,14,15,16). The maximum atomic E-state index is 11.5. The third-order valence-electron chi connectivity index (χ3n) is 3.55. The summed E-state index contributed by atoms with van der Waals surface area (Å²) in [6.07, 6.45) is 3.44. The first-order valence-electron chi connectivity index (χ1n) is 7.19. The summed E-state index contributed by atoms with van der Waals surface area (Å²) in [6.45, 7) is 4.12. The summed E-state index contributed by atoms with van der Waals surface area (Å²) in [7, 11) is 4.02. The van der Waals surface area contributed by atoms with Crippen molar-refractivity contribution in [2.24, 2.45) is 0 Å². The van der Waals surface area contributed by atoms with Crippen LogP contribution in [0.4, 0.5) is 17.3 Å². The molecule has 1 unspecified atom stereocenters. The Bertz CT molecular complexity index is 507. The van der Waals surface area contributed by atoms with Crippen LogP contribution in [0.1, 0.15) is 19.8 Å². The summed E-state index contributed by atoms with van der Waals surface area (Å²) < 4.78 is 0. The summed E-state index contributed by atoms with van der Waals surface area (Å²) in [6, 6.07) is 0.253. The molecule has 0 aliphatic carbocycles. The zero-order valence-corrected chi connectivity index (χ0v) is 12.7. The first kappa shape index (κ1) is 15.4. The van der Waals surface area contributed by atoms with Gasteiger partial charge in [0.05, 0.1) is 4.92 Å². The van der Waals surface area contributed by atoms with Gasteiger partial charge < -0.3 is 15.1 Å². The van der Waals surface area contributed by atoms with E-state index < -0.39 is 4.92 Å². The molecule has 1 aliphatic heterocycles. The van der Waals surface area contributed by atoms with Crippen molar-refractivity contribution >= 4 is 17.3 Å². The average Bonchev–Trinajstić information content (AvgIpc) is 2.85. The molecule has 1 atom stereocenters. The van der Waals surface area contributed by atoms with E-state index in [1.807, 2.05) is 25.9 Å². The Labute approximate surface area is 124 Å². The summed E-state index contributed by atoms with van der Waals surface area (Å²) in [5.74, 6) is 0.721. The number of nitrogens with one attached hydrogen (secondary N) is 1. The molecule has 8 heteroatoms. The van der Waals surface area contributed by atoms with Crippen molar-refractivity contribution in [1.82, 2.24) is 14.9 Å². The van der Waals surface area contributed by atoms with Crippen LogP contribution in [0.15, 0.2) is 6.33 Å². The second-order valence-corrected chi connectivity index (χ2v) is 5.43. The fourth-order valence-electron chi connectivity index (χ4n) is 2.77. The average molecular weight is 294 g/mol. The number of aromatic nitrogens is 2. The molecule has 21 heavy (non-hydrogen) atoms. The smallest absolute Gasteiger partial charge is 0.353 e. The van der Waals surface area contributed by atoms with Gasteiger partial charge in [-0.3, -0.25) is 10.1 Å². The highest BCUT2D eigenvalue weighted by molar-refractivity contribution is 5.70. The van der Waals surface area contributed by atoms with Crippen molar-refractivity contribution in [3.63, 3.8) is 0 Å². The molecule has 1 aromatic rings. The molecule has 1 saturated heterocycles. The van der Waals surface area contributed by atoms with Crippen LogP contribution in [0, 0.1) is 10.1 Å². The largest absolute Gasteiger partial charge is 0.364 e. The lowest BCUT2D eigenvalue weighted by Crippen LogP contribution is -2.38. The number of hydrogen-bond acceptors (Lipinski definition) is 7. The van der Waals surface area contributed by atoms with Gasteiger partial charge >= 0.3 is 5.69 Å². The molecular formula is C13H22N6O2. The number of hydrogen-bond donors (Lipinski definition) is 1. The Hall–Kier alpha value is -1.96. The lowest BCUT2D eigenvalue weighted by atomic mass is 10.2. The molecule has 1 aliphatic rings. The van der Waals surface area contributed by atoms with Crippen molar-refractivity contribution < 1.29 is 4.92 Å². The van der Waals surface area contributed by atoms with Gasteiger partial charge in [-0.05, 0) is 33.9 Å². The minimum Gasteiger partial charge on any atom is -0.364 e. The van der Waals surface area contributed by atoms with E-state index in [9.17, 15) is 10.1 Å². The van der Waals surface area contributed by atoms with Crippen LogP contribution in [0.25, 0.3) is 0 Å². The van der Waals surface area contributed by atoms with E-state index in [0.717, 1.165) is 25.9 Å². The van der Waals surface area contributed by atoms with E-state index in [4.69, 9.17) is 0 Å². The number of anilines is 2. The molecule has 1 N–H and O–H groups in total. The molecule has 0 radical (unpaired) electrons. The van der Waals surface area contributed by atoms with Gasteiger partial charge in [-0.2, -0.15) is 0 Å². The Balaban J connectivity index is 2.38. The summed E-state index contributed by atoms with van der Waals surface area (Å²) >= 11 is 0. The van der Waals surface area contributed by atoms with Gasteiger partial charge in [0.15, 0.2) is 0 Å². The molecule has 2 rings (SSSR count). The second-order valence-electron chi connectivity index (χ2n) is 5.43. The van der Waals surface area contributed by atoms with E-state index in [0.29, 0.717) is 18.2 Å². The number of nitro groups is 1. The van der Waals surface area contributed by atoms with Crippen LogP contribution in [-0.2, 0) is 0 Å². The molecule has 0 amide bonds. The normalized spacial score (nSPS) is 18.3. The zero-order chi connectivity index (χ0) is 15.4. The highest BCUT2D eigenvalue weighted by Gasteiger charge is 2.33. The van der Waals surface area contributed by atoms with Gasteiger partial charge in [0.25, 0.3) is 0 Å². The first-order valence-corrected chi connectivity index (χ1v) is 7.19. The van der Waals surface area contributed by atoms with Crippen LogP contribution in [-0.4, -0.2) is 59.6 Å². The molecule has 2 heterocycles. The molecule has 1 fully saturated rings. The summed E-state index contributed by atoms with van der Waals surface area (Å²) in [4.78, 5) is 23.4. The maximum Gasteiger partial charge on any atom is 0.353 e. The zero-order valence-electron chi connectivity index (χ0n) is 12.7. The minimum absolute atomic E-state index is 0.0231. The van der Waals surface area contributed by atoms with E-state index in [2.05, 4.69) is 20.2 Å². The molecule has 116 valence electrons. The van der Waals surface area contributed by atoms with Crippen molar-refractivity contribution in [3.8, 4) is 0 Å². The maximum absolute atomic E-state index is 11.5. The molecule has 0 bridgehead atoms. The van der Waals surface area contributed by atoms with E-state index in [-0.39, 0.29) is 11.7 Å². The number of nitrogens with zero attached hydrogens (tertiary/aromatic N) is 5. The fourth-order valence-corrected chi connectivity index (χ4v) is 2.77. The second kappa shape index (κ2) is 6.66. The van der Waals surface area contributed by atoms with Crippen LogP contribution in [0.2, 0.25) is 0 Å². The SMILES string of the molecule is CCNc1ncnc(N2CCCC2CN(C)C)c1[N+](=O)[O-]. The van der Waals surface area contributed by atoms with E-state index in [1.54, 1.807) is 0 Å². The lowest BCUT2D eigenvalue weighted by molar-refractivity contribution is -0.383.